The molecule has 0 aliphatic carbocycles. The molecule has 0 bridgehead atoms. The number of ketones is 1. The fraction of sp³-hybridized carbons (Fsp3) is 0.125. The predicted molar refractivity (Wildman–Crippen MR) is 125 cm³/mol. The van der Waals surface area contributed by atoms with Crippen molar-refractivity contribution in [3.63, 3.8) is 0 Å². The maximum Gasteiger partial charge on any atom is 0.201 e. The van der Waals surface area contributed by atoms with Crippen molar-refractivity contribution < 1.29 is 18.4 Å². The number of benzene rings is 2. The van der Waals surface area contributed by atoms with Crippen LogP contribution in [0.2, 0.25) is 0 Å². The number of rotatable bonds is 5. The zero-order valence-electron chi connectivity index (χ0n) is 17.2. The number of carbonyl (C=O) groups excluding carboxylic acids is 2. The van der Waals surface area contributed by atoms with Crippen LogP contribution in [0.1, 0.15) is 39.6 Å². The van der Waals surface area contributed by atoms with Gasteiger partial charge in [0.2, 0.25) is 5.78 Å². The summed E-state index contributed by atoms with van der Waals surface area (Å²) in [4.78, 5) is 30.9. The standard InChI is InChI=1S/C21H13F2N3O2.C3H8S/c22-16-4-5-17(24)19(23)18(16)20(28)15-9-26-21-14(15)7-13(8-25-21)12-3-1-2-11(6-12)10-27;1-2-3-4/h1-10H,24H2,(H,25,26);4H,2-3H2,1H3. The minimum atomic E-state index is -1.10. The van der Waals surface area contributed by atoms with Gasteiger partial charge < -0.3 is 10.7 Å². The minimum Gasteiger partial charge on any atom is -0.396 e. The molecule has 4 rings (SSSR count). The Bertz CT molecular complexity index is 1290. The van der Waals surface area contributed by atoms with E-state index in [1.807, 2.05) is 0 Å². The maximum atomic E-state index is 14.3. The summed E-state index contributed by atoms with van der Waals surface area (Å²) >= 11 is 3.92. The highest BCUT2D eigenvalue weighted by molar-refractivity contribution is 7.80. The molecule has 8 heteroatoms. The van der Waals surface area contributed by atoms with Gasteiger partial charge in [0.05, 0.1) is 11.3 Å². The lowest BCUT2D eigenvalue weighted by Crippen LogP contribution is -2.09. The molecule has 0 fully saturated rings. The van der Waals surface area contributed by atoms with Crippen molar-refractivity contribution in [3.8, 4) is 11.1 Å². The molecule has 0 atom stereocenters. The smallest absolute Gasteiger partial charge is 0.201 e. The first-order valence-corrected chi connectivity index (χ1v) is 10.5. The van der Waals surface area contributed by atoms with Crippen LogP contribution in [0.3, 0.4) is 0 Å². The Balaban J connectivity index is 0.000000668. The van der Waals surface area contributed by atoms with Crippen molar-refractivity contribution in [3.05, 3.63) is 83.2 Å². The lowest BCUT2D eigenvalue weighted by molar-refractivity contribution is 0.103. The summed E-state index contributed by atoms with van der Waals surface area (Å²) in [6.45, 7) is 2.10. The van der Waals surface area contributed by atoms with Gasteiger partial charge in [-0.15, -0.1) is 0 Å². The molecule has 0 unspecified atom stereocenters. The van der Waals surface area contributed by atoms with Crippen molar-refractivity contribution >= 4 is 41.4 Å². The molecule has 2 aromatic carbocycles. The number of halogens is 2. The number of aldehydes is 1. The van der Waals surface area contributed by atoms with Crippen molar-refractivity contribution in [2.24, 2.45) is 0 Å². The minimum absolute atomic E-state index is 0.0688. The highest BCUT2D eigenvalue weighted by atomic mass is 32.1. The van der Waals surface area contributed by atoms with Crippen LogP contribution in [0.5, 0.6) is 0 Å². The molecule has 5 nitrogen and oxygen atoms in total. The largest absolute Gasteiger partial charge is 0.396 e. The van der Waals surface area contributed by atoms with Crippen molar-refractivity contribution in [1.82, 2.24) is 9.97 Å². The van der Waals surface area contributed by atoms with Crippen LogP contribution in [0.15, 0.2) is 54.9 Å². The average Bonchev–Trinajstić information content (AvgIpc) is 3.25. The Morgan fingerprint density at radius 2 is 1.94 bits per heavy atom. The van der Waals surface area contributed by atoms with Gasteiger partial charge in [0.15, 0.2) is 5.82 Å². The summed E-state index contributed by atoms with van der Waals surface area (Å²) in [5.74, 6) is -1.91. The van der Waals surface area contributed by atoms with Gasteiger partial charge in [-0.05, 0) is 42.0 Å². The average molecular weight is 454 g/mol. The van der Waals surface area contributed by atoms with Crippen LogP contribution in [0.25, 0.3) is 22.2 Å². The van der Waals surface area contributed by atoms with Crippen molar-refractivity contribution in [1.29, 1.82) is 0 Å². The molecule has 0 saturated carbocycles. The Hall–Kier alpha value is -3.52. The van der Waals surface area contributed by atoms with E-state index in [4.69, 9.17) is 5.73 Å². The number of nitrogens with one attached hydrogen (secondary N) is 1. The molecule has 0 radical (unpaired) electrons. The first-order chi connectivity index (χ1) is 15.4. The molecule has 0 spiro atoms. The van der Waals surface area contributed by atoms with Gasteiger partial charge in [-0.3, -0.25) is 9.59 Å². The number of H-pyrrole nitrogens is 1. The van der Waals surface area contributed by atoms with E-state index in [1.165, 1.54) is 12.6 Å². The third kappa shape index (κ3) is 4.70. The van der Waals surface area contributed by atoms with E-state index in [0.29, 0.717) is 22.2 Å². The number of aromatic amines is 1. The summed E-state index contributed by atoms with van der Waals surface area (Å²) in [5, 5.41) is 0.403. The van der Waals surface area contributed by atoms with E-state index < -0.39 is 23.0 Å². The topological polar surface area (TPSA) is 88.8 Å². The number of thiol groups is 1. The monoisotopic (exact) mass is 453 g/mol. The number of nitrogens with zero attached hydrogens (tertiary/aromatic N) is 1. The van der Waals surface area contributed by atoms with Crippen LogP contribution in [-0.2, 0) is 0 Å². The van der Waals surface area contributed by atoms with Crippen LogP contribution < -0.4 is 5.73 Å². The van der Waals surface area contributed by atoms with Crippen LogP contribution in [0.4, 0.5) is 14.5 Å². The van der Waals surface area contributed by atoms with Gasteiger partial charge in [0.1, 0.15) is 17.8 Å². The first kappa shape index (κ1) is 23.1. The summed E-state index contributed by atoms with van der Waals surface area (Å²) in [6, 6.07) is 10.6. The summed E-state index contributed by atoms with van der Waals surface area (Å²) in [7, 11) is 0. The summed E-state index contributed by atoms with van der Waals surface area (Å²) in [6.07, 6.45) is 4.85. The second-order valence-corrected chi connectivity index (χ2v) is 7.39. The predicted octanol–water partition coefficient (Wildman–Crippen LogP) is 5.46. The van der Waals surface area contributed by atoms with Crippen LogP contribution in [-0.4, -0.2) is 27.8 Å². The number of nitrogen functional groups attached to an aromatic ring is 1. The van der Waals surface area contributed by atoms with Gasteiger partial charge in [0.25, 0.3) is 0 Å². The van der Waals surface area contributed by atoms with Crippen LogP contribution in [0, 0.1) is 11.6 Å². The van der Waals surface area contributed by atoms with E-state index in [1.54, 1.807) is 36.5 Å². The molecule has 0 aliphatic rings. The van der Waals surface area contributed by atoms with Crippen molar-refractivity contribution in [2.75, 3.05) is 11.5 Å². The number of carbonyl (C=O) groups is 2. The van der Waals surface area contributed by atoms with Gasteiger partial charge in [-0.1, -0.05) is 25.1 Å². The third-order valence-electron chi connectivity index (χ3n) is 4.70. The maximum absolute atomic E-state index is 14.3. The first-order valence-electron chi connectivity index (χ1n) is 9.83. The van der Waals surface area contributed by atoms with Gasteiger partial charge in [0, 0.05) is 34.5 Å². The fourth-order valence-corrected chi connectivity index (χ4v) is 3.05. The molecule has 4 aromatic rings. The highest BCUT2D eigenvalue weighted by Crippen LogP contribution is 2.28. The number of aromatic nitrogens is 2. The number of anilines is 1. The molecule has 32 heavy (non-hydrogen) atoms. The van der Waals surface area contributed by atoms with E-state index in [2.05, 4.69) is 29.5 Å². The molecule has 2 heterocycles. The normalized spacial score (nSPS) is 10.5. The summed E-state index contributed by atoms with van der Waals surface area (Å²) in [5.41, 5.74) is 6.78. The number of fused-ring (bicyclic) bond motifs is 1. The Kier molecular flexibility index (Phi) is 7.37. The second kappa shape index (κ2) is 10.2. The summed E-state index contributed by atoms with van der Waals surface area (Å²) < 4.78 is 28.4. The van der Waals surface area contributed by atoms with Gasteiger partial charge in [-0.25, -0.2) is 13.8 Å². The molecule has 0 amide bonds. The number of hydrogen-bond acceptors (Lipinski definition) is 5. The molecule has 2 aromatic heterocycles. The molecule has 0 aliphatic heterocycles. The second-order valence-electron chi connectivity index (χ2n) is 6.94. The molecule has 3 N–H and O–H groups in total. The lowest BCUT2D eigenvalue weighted by atomic mass is 9.99. The Labute approximate surface area is 189 Å². The van der Waals surface area contributed by atoms with E-state index in [9.17, 15) is 18.4 Å². The van der Waals surface area contributed by atoms with E-state index in [-0.39, 0.29) is 11.3 Å². The highest BCUT2D eigenvalue weighted by Gasteiger charge is 2.24. The molecule has 0 saturated heterocycles. The molecule has 164 valence electrons. The third-order valence-corrected chi connectivity index (χ3v) is 5.15. The zero-order chi connectivity index (χ0) is 23.3. The van der Waals surface area contributed by atoms with E-state index >= 15 is 0 Å². The fourth-order valence-electron chi connectivity index (χ4n) is 3.05. The number of nitrogens with two attached hydrogens (primary N) is 1. The van der Waals surface area contributed by atoms with Crippen molar-refractivity contribution in [2.45, 2.75) is 13.3 Å². The SMILES string of the molecule is CCCS.Nc1ccc(F)c(C(=O)c2c[nH]c3ncc(-c4cccc(C=O)c4)cc23)c1F. The van der Waals surface area contributed by atoms with Gasteiger partial charge >= 0.3 is 0 Å². The quantitative estimate of drug-likeness (QED) is 0.162. The zero-order valence-corrected chi connectivity index (χ0v) is 18.1. The van der Waals surface area contributed by atoms with E-state index in [0.717, 1.165) is 29.7 Å². The Morgan fingerprint density at radius 1 is 1.19 bits per heavy atom. The molecular weight excluding hydrogens is 432 g/mol. The Morgan fingerprint density at radius 3 is 2.62 bits per heavy atom. The van der Waals surface area contributed by atoms with Gasteiger partial charge in [-0.2, -0.15) is 12.6 Å². The van der Waals surface area contributed by atoms with Crippen LogP contribution >= 0.6 is 12.6 Å². The number of pyridine rings is 1. The molecular formula is C24H21F2N3O2S. The lowest BCUT2D eigenvalue weighted by Gasteiger charge is -2.06. The number of hydrogen-bond donors (Lipinski definition) is 3.